The van der Waals surface area contributed by atoms with E-state index in [1.807, 2.05) is 25.1 Å². The van der Waals surface area contributed by atoms with Crippen LogP contribution in [0.25, 0.3) is 0 Å². The van der Waals surface area contributed by atoms with Gasteiger partial charge in [-0.3, -0.25) is 4.79 Å². The van der Waals surface area contributed by atoms with Gasteiger partial charge in [0.2, 0.25) is 0 Å². The SMILES string of the molecule is Cc1cc(Nc2ccc(NC(=O)c3ccccc3Br)cn2)no1. The predicted octanol–water partition coefficient (Wildman–Crippen LogP) is 4.14. The van der Waals surface area contributed by atoms with E-state index in [1.54, 1.807) is 30.5 Å². The predicted molar refractivity (Wildman–Crippen MR) is 90.9 cm³/mol. The van der Waals surface area contributed by atoms with Crippen LogP contribution in [0.1, 0.15) is 16.1 Å². The number of carbonyl (C=O) groups excluding carboxylic acids is 1. The van der Waals surface area contributed by atoms with Crippen molar-refractivity contribution < 1.29 is 9.32 Å². The second kappa shape index (κ2) is 6.62. The Morgan fingerprint density at radius 1 is 1.17 bits per heavy atom. The van der Waals surface area contributed by atoms with Gasteiger partial charge in [0.15, 0.2) is 5.82 Å². The molecule has 0 spiro atoms. The van der Waals surface area contributed by atoms with Crippen LogP contribution in [0.5, 0.6) is 0 Å². The molecule has 2 heterocycles. The molecular weight excluding hydrogens is 360 g/mol. The van der Waals surface area contributed by atoms with E-state index >= 15 is 0 Å². The Labute approximate surface area is 141 Å². The quantitative estimate of drug-likeness (QED) is 0.719. The summed E-state index contributed by atoms with van der Waals surface area (Å²) in [4.78, 5) is 16.4. The lowest BCUT2D eigenvalue weighted by molar-refractivity contribution is 0.102. The zero-order valence-electron chi connectivity index (χ0n) is 12.2. The molecule has 2 N–H and O–H groups in total. The Kier molecular flexibility index (Phi) is 4.38. The van der Waals surface area contributed by atoms with E-state index in [0.717, 1.165) is 4.47 Å². The second-order valence-electron chi connectivity index (χ2n) is 4.81. The number of benzene rings is 1. The summed E-state index contributed by atoms with van der Waals surface area (Å²) in [5.41, 5.74) is 1.17. The van der Waals surface area contributed by atoms with Gasteiger partial charge in [0.25, 0.3) is 5.91 Å². The summed E-state index contributed by atoms with van der Waals surface area (Å²) in [5, 5.41) is 9.64. The summed E-state index contributed by atoms with van der Waals surface area (Å²) in [7, 11) is 0. The molecule has 0 unspecified atom stereocenters. The van der Waals surface area contributed by atoms with Crippen molar-refractivity contribution in [1.29, 1.82) is 0 Å². The molecule has 1 amide bonds. The standard InChI is InChI=1S/C16H13BrN4O2/c1-10-8-15(21-23-10)20-14-7-6-11(9-18-14)19-16(22)12-4-2-3-5-13(12)17/h2-9H,1H3,(H,19,22)(H,18,20,21). The van der Waals surface area contributed by atoms with Gasteiger partial charge < -0.3 is 15.2 Å². The van der Waals surface area contributed by atoms with E-state index < -0.39 is 0 Å². The van der Waals surface area contributed by atoms with Gasteiger partial charge in [0.1, 0.15) is 11.6 Å². The minimum absolute atomic E-state index is 0.202. The zero-order valence-corrected chi connectivity index (χ0v) is 13.8. The highest BCUT2D eigenvalue weighted by Gasteiger charge is 2.09. The average Bonchev–Trinajstić information content (AvgIpc) is 2.95. The van der Waals surface area contributed by atoms with Gasteiger partial charge in [-0.1, -0.05) is 17.3 Å². The van der Waals surface area contributed by atoms with Crippen molar-refractivity contribution in [3.8, 4) is 0 Å². The van der Waals surface area contributed by atoms with Crippen molar-refractivity contribution in [3.63, 3.8) is 0 Å². The number of aromatic nitrogens is 2. The molecule has 23 heavy (non-hydrogen) atoms. The first-order chi connectivity index (χ1) is 11.1. The summed E-state index contributed by atoms with van der Waals surface area (Å²) in [6.45, 7) is 1.81. The summed E-state index contributed by atoms with van der Waals surface area (Å²) in [5.74, 6) is 1.70. The molecule has 0 aliphatic carbocycles. The Balaban J connectivity index is 1.68. The molecule has 3 aromatic rings. The second-order valence-corrected chi connectivity index (χ2v) is 5.67. The van der Waals surface area contributed by atoms with Gasteiger partial charge in [-0.25, -0.2) is 4.98 Å². The van der Waals surface area contributed by atoms with Gasteiger partial charge in [-0.2, -0.15) is 0 Å². The number of amides is 1. The third kappa shape index (κ3) is 3.75. The molecule has 116 valence electrons. The van der Waals surface area contributed by atoms with Crippen LogP contribution in [0, 0.1) is 6.92 Å². The van der Waals surface area contributed by atoms with E-state index in [1.165, 1.54) is 0 Å². The van der Waals surface area contributed by atoms with Crippen LogP contribution in [0.2, 0.25) is 0 Å². The number of hydrogen-bond donors (Lipinski definition) is 2. The van der Waals surface area contributed by atoms with Crippen LogP contribution >= 0.6 is 15.9 Å². The van der Waals surface area contributed by atoms with Gasteiger partial charge in [0.05, 0.1) is 17.4 Å². The fraction of sp³-hybridized carbons (Fsp3) is 0.0625. The molecule has 6 nitrogen and oxygen atoms in total. The van der Waals surface area contributed by atoms with Gasteiger partial charge in [-0.15, -0.1) is 0 Å². The van der Waals surface area contributed by atoms with E-state index in [0.29, 0.717) is 28.6 Å². The lowest BCUT2D eigenvalue weighted by atomic mass is 10.2. The van der Waals surface area contributed by atoms with E-state index in [2.05, 4.69) is 36.7 Å². The summed E-state index contributed by atoms with van der Waals surface area (Å²) >= 11 is 3.36. The number of pyridine rings is 1. The molecule has 2 aromatic heterocycles. The van der Waals surface area contributed by atoms with Crippen LogP contribution in [0.4, 0.5) is 17.3 Å². The smallest absolute Gasteiger partial charge is 0.256 e. The third-order valence-corrected chi connectivity index (χ3v) is 3.72. The first-order valence-electron chi connectivity index (χ1n) is 6.84. The lowest BCUT2D eigenvalue weighted by Crippen LogP contribution is -2.12. The number of nitrogens with one attached hydrogen (secondary N) is 2. The molecule has 7 heteroatoms. The maximum atomic E-state index is 12.2. The third-order valence-electron chi connectivity index (χ3n) is 3.02. The summed E-state index contributed by atoms with van der Waals surface area (Å²) in [6.07, 6.45) is 1.57. The minimum atomic E-state index is -0.202. The van der Waals surface area contributed by atoms with Crippen LogP contribution in [0.3, 0.4) is 0 Å². The fourth-order valence-corrected chi connectivity index (χ4v) is 2.41. The highest BCUT2D eigenvalue weighted by atomic mass is 79.9. The Bertz CT molecular complexity index is 830. The van der Waals surface area contributed by atoms with Crippen LogP contribution in [0.15, 0.2) is 57.7 Å². The molecule has 0 aliphatic rings. The molecule has 0 radical (unpaired) electrons. The number of nitrogens with zero attached hydrogens (tertiary/aromatic N) is 2. The fourth-order valence-electron chi connectivity index (χ4n) is 1.94. The first kappa shape index (κ1) is 15.2. The maximum absolute atomic E-state index is 12.2. The lowest BCUT2D eigenvalue weighted by Gasteiger charge is -2.07. The summed E-state index contributed by atoms with van der Waals surface area (Å²) in [6, 6.07) is 12.5. The summed E-state index contributed by atoms with van der Waals surface area (Å²) < 4.78 is 5.71. The van der Waals surface area contributed by atoms with E-state index in [4.69, 9.17) is 4.52 Å². The molecule has 0 fully saturated rings. The first-order valence-corrected chi connectivity index (χ1v) is 7.63. The van der Waals surface area contributed by atoms with Crippen LogP contribution in [-0.2, 0) is 0 Å². The molecule has 0 atom stereocenters. The molecule has 0 saturated carbocycles. The van der Waals surface area contributed by atoms with Crippen molar-refractivity contribution in [2.45, 2.75) is 6.92 Å². The van der Waals surface area contributed by atoms with E-state index in [9.17, 15) is 4.79 Å². The molecule has 1 aromatic carbocycles. The van der Waals surface area contributed by atoms with Crippen LogP contribution < -0.4 is 10.6 Å². The van der Waals surface area contributed by atoms with Crippen molar-refractivity contribution >= 4 is 39.2 Å². The number of anilines is 3. The van der Waals surface area contributed by atoms with Gasteiger partial charge in [-0.05, 0) is 47.1 Å². The average molecular weight is 373 g/mol. The number of hydrogen-bond acceptors (Lipinski definition) is 5. The van der Waals surface area contributed by atoms with Crippen molar-refractivity contribution in [1.82, 2.24) is 10.1 Å². The number of rotatable bonds is 4. The van der Waals surface area contributed by atoms with E-state index in [-0.39, 0.29) is 5.91 Å². The molecule has 3 rings (SSSR count). The minimum Gasteiger partial charge on any atom is -0.360 e. The zero-order chi connectivity index (χ0) is 16.2. The highest BCUT2D eigenvalue weighted by Crippen LogP contribution is 2.19. The Morgan fingerprint density at radius 3 is 2.65 bits per heavy atom. The number of carbonyl (C=O) groups is 1. The maximum Gasteiger partial charge on any atom is 0.256 e. The van der Waals surface area contributed by atoms with Gasteiger partial charge >= 0.3 is 0 Å². The number of aryl methyl sites for hydroxylation is 1. The van der Waals surface area contributed by atoms with Crippen molar-refractivity contribution in [2.24, 2.45) is 0 Å². The molecule has 0 saturated heterocycles. The molecular formula is C16H13BrN4O2. The molecule has 0 aliphatic heterocycles. The Morgan fingerprint density at radius 2 is 2.00 bits per heavy atom. The largest absolute Gasteiger partial charge is 0.360 e. The highest BCUT2D eigenvalue weighted by molar-refractivity contribution is 9.10. The number of halogens is 1. The monoisotopic (exact) mass is 372 g/mol. The van der Waals surface area contributed by atoms with Crippen molar-refractivity contribution in [3.05, 3.63) is 64.5 Å². The normalized spacial score (nSPS) is 10.3. The Hall–Kier alpha value is -2.67. The van der Waals surface area contributed by atoms with Gasteiger partial charge in [0, 0.05) is 10.5 Å². The van der Waals surface area contributed by atoms with Crippen LogP contribution in [-0.4, -0.2) is 16.0 Å². The topological polar surface area (TPSA) is 80.0 Å². The van der Waals surface area contributed by atoms with Crippen molar-refractivity contribution in [2.75, 3.05) is 10.6 Å². The molecule has 0 bridgehead atoms.